The second-order valence-corrected chi connectivity index (χ2v) is 4.61. The molecule has 20 heavy (non-hydrogen) atoms. The van der Waals surface area contributed by atoms with Crippen molar-refractivity contribution >= 4 is 0 Å². The van der Waals surface area contributed by atoms with Crippen LogP contribution >= 0.6 is 0 Å². The molecule has 0 aliphatic rings. The SMILES string of the molecule is C=CCOc1ccccc1CNCc1c(C)noc1C. The first kappa shape index (κ1) is 14.3. The van der Waals surface area contributed by atoms with Crippen molar-refractivity contribution in [2.45, 2.75) is 26.9 Å². The second-order valence-electron chi connectivity index (χ2n) is 4.61. The first-order valence-electron chi connectivity index (χ1n) is 6.66. The number of rotatable bonds is 7. The molecule has 0 unspecified atom stereocenters. The Morgan fingerprint density at radius 2 is 2.10 bits per heavy atom. The van der Waals surface area contributed by atoms with Gasteiger partial charge in [0.1, 0.15) is 18.1 Å². The van der Waals surface area contributed by atoms with Crippen molar-refractivity contribution in [3.63, 3.8) is 0 Å². The number of ether oxygens (including phenoxy) is 1. The summed E-state index contributed by atoms with van der Waals surface area (Å²) in [4.78, 5) is 0. The summed E-state index contributed by atoms with van der Waals surface area (Å²) in [6, 6.07) is 8.00. The highest BCUT2D eigenvalue weighted by molar-refractivity contribution is 5.33. The van der Waals surface area contributed by atoms with Gasteiger partial charge in [0.15, 0.2) is 0 Å². The molecule has 0 fully saturated rings. The molecule has 106 valence electrons. The standard InChI is InChI=1S/C16H20N2O2/c1-4-9-19-16-8-6-5-7-14(16)10-17-11-15-12(2)18-20-13(15)3/h4-8,17H,1,9-11H2,2-3H3. The summed E-state index contributed by atoms with van der Waals surface area (Å²) in [5.74, 6) is 1.75. The second kappa shape index (κ2) is 6.91. The van der Waals surface area contributed by atoms with E-state index in [1.165, 1.54) is 0 Å². The molecule has 1 N–H and O–H groups in total. The Morgan fingerprint density at radius 1 is 1.30 bits per heavy atom. The number of benzene rings is 1. The minimum atomic E-state index is 0.515. The summed E-state index contributed by atoms with van der Waals surface area (Å²) < 4.78 is 10.8. The van der Waals surface area contributed by atoms with Gasteiger partial charge in [0.05, 0.1) is 5.69 Å². The van der Waals surface area contributed by atoms with Gasteiger partial charge in [-0.2, -0.15) is 0 Å². The quantitative estimate of drug-likeness (QED) is 0.787. The van der Waals surface area contributed by atoms with Crippen LogP contribution in [0.4, 0.5) is 0 Å². The maximum atomic E-state index is 5.63. The first-order chi connectivity index (χ1) is 9.72. The van der Waals surface area contributed by atoms with Crippen molar-refractivity contribution in [3.8, 4) is 5.75 Å². The minimum Gasteiger partial charge on any atom is -0.489 e. The van der Waals surface area contributed by atoms with Gasteiger partial charge < -0.3 is 14.6 Å². The molecule has 4 heteroatoms. The number of hydrogen-bond donors (Lipinski definition) is 1. The largest absolute Gasteiger partial charge is 0.489 e. The third kappa shape index (κ3) is 3.48. The zero-order valence-electron chi connectivity index (χ0n) is 12.0. The molecule has 0 spiro atoms. The summed E-state index contributed by atoms with van der Waals surface area (Å²) in [5.41, 5.74) is 3.18. The van der Waals surface area contributed by atoms with Gasteiger partial charge in [-0.15, -0.1) is 0 Å². The molecule has 1 aromatic carbocycles. The van der Waals surface area contributed by atoms with Crippen molar-refractivity contribution in [1.29, 1.82) is 0 Å². The Kier molecular flexibility index (Phi) is 4.96. The number of nitrogens with one attached hydrogen (secondary N) is 1. The molecule has 2 rings (SSSR count). The van der Waals surface area contributed by atoms with Gasteiger partial charge in [-0.1, -0.05) is 36.0 Å². The average molecular weight is 272 g/mol. The van der Waals surface area contributed by atoms with Crippen LogP contribution in [0.3, 0.4) is 0 Å². The van der Waals surface area contributed by atoms with Gasteiger partial charge in [-0.25, -0.2) is 0 Å². The van der Waals surface area contributed by atoms with Gasteiger partial charge in [-0.05, 0) is 19.9 Å². The minimum absolute atomic E-state index is 0.515. The Labute approximate surface area is 119 Å². The van der Waals surface area contributed by atoms with Crippen LogP contribution in [0.25, 0.3) is 0 Å². The van der Waals surface area contributed by atoms with Crippen LogP contribution in [-0.2, 0) is 13.1 Å². The van der Waals surface area contributed by atoms with Crippen LogP contribution in [0.2, 0.25) is 0 Å². The maximum Gasteiger partial charge on any atom is 0.138 e. The zero-order chi connectivity index (χ0) is 14.4. The van der Waals surface area contributed by atoms with E-state index in [1.54, 1.807) is 6.08 Å². The third-order valence-corrected chi connectivity index (χ3v) is 3.13. The van der Waals surface area contributed by atoms with Crippen molar-refractivity contribution in [2.75, 3.05) is 6.61 Å². The maximum absolute atomic E-state index is 5.63. The van der Waals surface area contributed by atoms with E-state index in [9.17, 15) is 0 Å². The van der Waals surface area contributed by atoms with E-state index in [2.05, 4.69) is 23.1 Å². The highest BCUT2D eigenvalue weighted by Gasteiger charge is 2.08. The van der Waals surface area contributed by atoms with Crippen molar-refractivity contribution in [3.05, 3.63) is 59.5 Å². The summed E-state index contributed by atoms with van der Waals surface area (Å²) in [7, 11) is 0. The monoisotopic (exact) mass is 272 g/mol. The fourth-order valence-corrected chi connectivity index (χ4v) is 2.02. The molecule has 4 nitrogen and oxygen atoms in total. The number of hydrogen-bond acceptors (Lipinski definition) is 4. The molecular formula is C16H20N2O2. The van der Waals surface area contributed by atoms with Gasteiger partial charge >= 0.3 is 0 Å². The van der Waals surface area contributed by atoms with Crippen LogP contribution in [0.5, 0.6) is 5.75 Å². The number of aryl methyl sites for hydroxylation is 2. The highest BCUT2D eigenvalue weighted by Crippen LogP contribution is 2.18. The lowest BCUT2D eigenvalue weighted by Gasteiger charge is -2.11. The summed E-state index contributed by atoms with van der Waals surface area (Å²) in [6.45, 7) is 9.53. The summed E-state index contributed by atoms with van der Waals surface area (Å²) >= 11 is 0. The van der Waals surface area contributed by atoms with Crippen LogP contribution in [-0.4, -0.2) is 11.8 Å². The van der Waals surface area contributed by atoms with Crippen LogP contribution in [0.15, 0.2) is 41.4 Å². The Hall–Kier alpha value is -2.07. The fourth-order valence-electron chi connectivity index (χ4n) is 2.02. The smallest absolute Gasteiger partial charge is 0.138 e. The predicted molar refractivity (Wildman–Crippen MR) is 78.7 cm³/mol. The molecule has 0 amide bonds. The lowest BCUT2D eigenvalue weighted by Crippen LogP contribution is -2.14. The van der Waals surface area contributed by atoms with Crippen molar-refractivity contribution in [2.24, 2.45) is 0 Å². The fraction of sp³-hybridized carbons (Fsp3) is 0.312. The molecule has 0 radical (unpaired) electrons. The molecule has 0 aliphatic heterocycles. The molecule has 0 aliphatic carbocycles. The van der Waals surface area contributed by atoms with E-state index in [4.69, 9.17) is 9.26 Å². The van der Waals surface area contributed by atoms with E-state index < -0.39 is 0 Å². The Balaban J connectivity index is 1.95. The van der Waals surface area contributed by atoms with Gasteiger partial charge in [0, 0.05) is 24.2 Å². The lowest BCUT2D eigenvalue weighted by atomic mass is 10.1. The zero-order valence-corrected chi connectivity index (χ0v) is 12.0. The van der Waals surface area contributed by atoms with E-state index in [-0.39, 0.29) is 0 Å². The number of nitrogens with zero attached hydrogens (tertiary/aromatic N) is 1. The number of para-hydroxylation sites is 1. The molecule has 2 aromatic rings. The van der Waals surface area contributed by atoms with Crippen LogP contribution in [0, 0.1) is 13.8 Å². The third-order valence-electron chi connectivity index (χ3n) is 3.13. The van der Waals surface area contributed by atoms with E-state index in [0.717, 1.165) is 41.4 Å². The highest BCUT2D eigenvalue weighted by atomic mass is 16.5. The molecule has 0 saturated heterocycles. The molecule has 0 atom stereocenters. The molecule has 1 aromatic heterocycles. The van der Waals surface area contributed by atoms with E-state index in [1.807, 2.05) is 32.0 Å². The van der Waals surface area contributed by atoms with E-state index >= 15 is 0 Å². The number of aromatic nitrogens is 1. The first-order valence-corrected chi connectivity index (χ1v) is 6.66. The average Bonchev–Trinajstić information content (AvgIpc) is 2.78. The summed E-state index contributed by atoms with van der Waals surface area (Å²) in [6.07, 6.45) is 1.74. The van der Waals surface area contributed by atoms with E-state index in [0.29, 0.717) is 6.61 Å². The summed E-state index contributed by atoms with van der Waals surface area (Å²) in [5, 5.41) is 7.35. The van der Waals surface area contributed by atoms with Gasteiger partial charge in [0.25, 0.3) is 0 Å². The van der Waals surface area contributed by atoms with Crippen molar-refractivity contribution < 1.29 is 9.26 Å². The molecule has 1 heterocycles. The Morgan fingerprint density at radius 3 is 2.80 bits per heavy atom. The molecule has 0 saturated carbocycles. The van der Waals surface area contributed by atoms with Crippen LogP contribution < -0.4 is 10.1 Å². The van der Waals surface area contributed by atoms with Gasteiger partial charge in [0.2, 0.25) is 0 Å². The lowest BCUT2D eigenvalue weighted by molar-refractivity contribution is 0.358. The Bertz CT molecular complexity index is 556. The predicted octanol–water partition coefficient (Wildman–Crippen LogP) is 3.15. The van der Waals surface area contributed by atoms with Crippen LogP contribution in [0.1, 0.15) is 22.6 Å². The molecular weight excluding hydrogens is 252 g/mol. The normalized spacial score (nSPS) is 10.5. The van der Waals surface area contributed by atoms with Gasteiger partial charge in [-0.3, -0.25) is 0 Å². The topological polar surface area (TPSA) is 47.3 Å². The molecule has 0 bridgehead atoms. The van der Waals surface area contributed by atoms with Crippen molar-refractivity contribution in [1.82, 2.24) is 10.5 Å².